The monoisotopic (exact) mass is 345 g/mol. The molecule has 0 spiro atoms. The molecule has 0 bridgehead atoms. The summed E-state index contributed by atoms with van der Waals surface area (Å²) in [6, 6.07) is 4.81. The van der Waals surface area contributed by atoms with Gasteiger partial charge in [-0.1, -0.05) is 23.2 Å². The number of halogens is 2. The van der Waals surface area contributed by atoms with Crippen LogP contribution >= 0.6 is 23.2 Å². The average molecular weight is 346 g/mol. The number of nitrogens with one attached hydrogen (secondary N) is 1. The molecule has 0 aliphatic rings. The molecule has 0 radical (unpaired) electrons. The fourth-order valence-corrected chi connectivity index (χ4v) is 2.27. The predicted molar refractivity (Wildman–Crippen MR) is 90.7 cm³/mol. The van der Waals surface area contributed by atoms with Crippen LogP contribution in [-0.4, -0.2) is 50.4 Å². The van der Waals surface area contributed by atoms with Crippen LogP contribution < -0.4 is 10.2 Å². The van der Waals surface area contributed by atoms with Crippen molar-refractivity contribution < 1.29 is 9.59 Å². The third-order valence-corrected chi connectivity index (χ3v) is 3.54. The van der Waals surface area contributed by atoms with Crippen molar-refractivity contribution in [1.82, 2.24) is 10.2 Å². The van der Waals surface area contributed by atoms with Gasteiger partial charge in [-0.15, -0.1) is 0 Å². The van der Waals surface area contributed by atoms with E-state index in [-0.39, 0.29) is 18.4 Å². The molecule has 0 aliphatic carbocycles. The van der Waals surface area contributed by atoms with E-state index in [0.717, 1.165) is 13.0 Å². The molecule has 22 heavy (non-hydrogen) atoms. The zero-order valence-electron chi connectivity index (χ0n) is 13.0. The van der Waals surface area contributed by atoms with E-state index in [0.29, 0.717) is 22.3 Å². The molecule has 0 unspecified atom stereocenters. The number of anilines is 1. The molecule has 0 atom stereocenters. The standard InChI is InChI=1S/C15H21Cl2N3O2/c1-11(21)20(14-9-12(16)5-6-13(14)17)10-15(22)18-7-4-8-19(2)3/h5-6,9H,4,7-8,10H2,1-3H3,(H,18,22). The molecular formula is C15H21Cl2N3O2. The van der Waals surface area contributed by atoms with Crippen molar-refractivity contribution in [3.05, 3.63) is 28.2 Å². The number of nitrogens with zero attached hydrogens (tertiary/aromatic N) is 2. The molecule has 0 fully saturated rings. The van der Waals surface area contributed by atoms with Crippen molar-refractivity contribution in [3.8, 4) is 0 Å². The van der Waals surface area contributed by atoms with Gasteiger partial charge in [0.2, 0.25) is 11.8 Å². The molecule has 1 rings (SSSR count). The maximum absolute atomic E-state index is 12.0. The van der Waals surface area contributed by atoms with Gasteiger partial charge in [-0.05, 0) is 45.3 Å². The number of carbonyl (C=O) groups excluding carboxylic acids is 2. The minimum absolute atomic E-state index is 0.0860. The number of carbonyl (C=O) groups is 2. The van der Waals surface area contributed by atoms with Crippen molar-refractivity contribution in [3.63, 3.8) is 0 Å². The van der Waals surface area contributed by atoms with Crippen LogP contribution in [0.4, 0.5) is 5.69 Å². The van der Waals surface area contributed by atoms with Gasteiger partial charge >= 0.3 is 0 Å². The Hall–Kier alpha value is -1.30. The van der Waals surface area contributed by atoms with E-state index in [1.54, 1.807) is 18.2 Å². The SMILES string of the molecule is CC(=O)N(CC(=O)NCCCN(C)C)c1cc(Cl)ccc1Cl. The Balaban J connectivity index is 2.67. The highest BCUT2D eigenvalue weighted by Gasteiger charge is 2.18. The van der Waals surface area contributed by atoms with Crippen molar-refractivity contribution in [2.75, 3.05) is 38.6 Å². The van der Waals surface area contributed by atoms with Gasteiger partial charge in [0.05, 0.1) is 10.7 Å². The van der Waals surface area contributed by atoms with Crippen LogP contribution in [0, 0.1) is 0 Å². The lowest BCUT2D eigenvalue weighted by molar-refractivity contribution is -0.123. The first kappa shape index (κ1) is 18.7. The van der Waals surface area contributed by atoms with Crippen LogP contribution in [0.25, 0.3) is 0 Å². The Kier molecular flexibility index (Phi) is 7.65. The normalized spacial score (nSPS) is 10.6. The zero-order valence-corrected chi connectivity index (χ0v) is 14.5. The average Bonchev–Trinajstić information content (AvgIpc) is 2.43. The van der Waals surface area contributed by atoms with E-state index in [2.05, 4.69) is 5.32 Å². The first-order valence-electron chi connectivity index (χ1n) is 6.96. The maximum atomic E-state index is 12.0. The number of amides is 2. The first-order chi connectivity index (χ1) is 10.3. The minimum Gasteiger partial charge on any atom is -0.355 e. The van der Waals surface area contributed by atoms with Gasteiger partial charge in [-0.2, -0.15) is 0 Å². The maximum Gasteiger partial charge on any atom is 0.240 e. The van der Waals surface area contributed by atoms with Crippen LogP contribution in [0.15, 0.2) is 18.2 Å². The molecule has 1 aromatic rings. The third-order valence-electron chi connectivity index (χ3n) is 2.99. The molecule has 0 aromatic heterocycles. The number of rotatable bonds is 7. The molecule has 0 saturated heterocycles. The predicted octanol–water partition coefficient (Wildman–Crippen LogP) is 2.41. The Bertz CT molecular complexity index is 536. The first-order valence-corrected chi connectivity index (χ1v) is 7.71. The Morgan fingerprint density at radius 2 is 1.91 bits per heavy atom. The van der Waals surface area contributed by atoms with Crippen molar-refractivity contribution in [1.29, 1.82) is 0 Å². The van der Waals surface area contributed by atoms with Crippen molar-refractivity contribution >= 4 is 40.7 Å². The molecule has 1 aromatic carbocycles. The summed E-state index contributed by atoms with van der Waals surface area (Å²) in [7, 11) is 3.95. The van der Waals surface area contributed by atoms with E-state index < -0.39 is 0 Å². The summed E-state index contributed by atoms with van der Waals surface area (Å²) in [6.07, 6.45) is 0.844. The van der Waals surface area contributed by atoms with Crippen LogP contribution in [0.2, 0.25) is 10.0 Å². The van der Waals surface area contributed by atoms with Gasteiger partial charge in [0, 0.05) is 18.5 Å². The van der Waals surface area contributed by atoms with E-state index >= 15 is 0 Å². The number of benzene rings is 1. The molecule has 1 N–H and O–H groups in total. The summed E-state index contributed by atoms with van der Waals surface area (Å²) in [5.41, 5.74) is 0.435. The second-order valence-electron chi connectivity index (χ2n) is 5.21. The lowest BCUT2D eigenvalue weighted by atomic mass is 10.2. The van der Waals surface area contributed by atoms with Crippen LogP contribution in [0.1, 0.15) is 13.3 Å². The van der Waals surface area contributed by atoms with Crippen molar-refractivity contribution in [2.45, 2.75) is 13.3 Å². The van der Waals surface area contributed by atoms with E-state index in [1.807, 2.05) is 19.0 Å². The van der Waals surface area contributed by atoms with Crippen LogP contribution in [-0.2, 0) is 9.59 Å². The summed E-state index contributed by atoms with van der Waals surface area (Å²) >= 11 is 12.0. The summed E-state index contributed by atoms with van der Waals surface area (Å²) in [5, 5.41) is 3.62. The van der Waals surface area contributed by atoms with E-state index in [9.17, 15) is 9.59 Å². The van der Waals surface area contributed by atoms with Gasteiger partial charge in [0.15, 0.2) is 0 Å². The lowest BCUT2D eigenvalue weighted by Gasteiger charge is -2.22. The van der Waals surface area contributed by atoms with Crippen LogP contribution in [0.5, 0.6) is 0 Å². The van der Waals surface area contributed by atoms with E-state index in [1.165, 1.54) is 11.8 Å². The molecule has 122 valence electrons. The summed E-state index contributed by atoms with van der Waals surface area (Å²) in [4.78, 5) is 27.1. The number of hydrogen-bond donors (Lipinski definition) is 1. The van der Waals surface area contributed by atoms with Gasteiger partial charge < -0.3 is 15.1 Å². The van der Waals surface area contributed by atoms with Gasteiger partial charge in [0.1, 0.15) is 6.54 Å². The summed E-state index contributed by atoms with van der Waals surface area (Å²) < 4.78 is 0. The highest BCUT2D eigenvalue weighted by molar-refractivity contribution is 6.35. The molecule has 0 aliphatic heterocycles. The third kappa shape index (κ3) is 6.22. The largest absolute Gasteiger partial charge is 0.355 e. The zero-order chi connectivity index (χ0) is 16.7. The summed E-state index contributed by atoms with van der Waals surface area (Å²) in [6.45, 7) is 2.75. The molecule has 7 heteroatoms. The van der Waals surface area contributed by atoms with Gasteiger partial charge in [0.25, 0.3) is 0 Å². The molecular weight excluding hydrogens is 325 g/mol. The van der Waals surface area contributed by atoms with Crippen molar-refractivity contribution in [2.24, 2.45) is 0 Å². The lowest BCUT2D eigenvalue weighted by Crippen LogP contribution is -2.40. The smallest absolute Gasteiger partial charge is 0.240 e. The highest BCUT2D eigenvalue weighted by atomic mass is 35.5. The number of hydrogen-bond acceptors (Lipinski definition) is 3. The Labute approximate surface area is 141 Å². The molecule has 0 heterocycles. The highest BCUT2D eigenvalue weighted by Crippen LogP contribution is 2.29. The van der Waals surface area contributed by atoms with Gasteiger partial charge in [-0.3, -0.25) is 9.59 Å². The van der Waals surface area contributed by atoms with Crippen LogP contribution in [0.3, 0.4) is 0 Å². The quantitative estimate of drug-likeness (QED) is 0.772. The summed E-state index contributed by atoms with van der Waals surface area (Å²) in [5.74, 6) is -0.502. The topological polar surface area (TPSA) is 52.7 Å². The fourth-order valence-electron chi connectivity index (χ4n) is 1.88. The Morgan fingerprint density at radius 3 is 2.50 bits per heavy atom. The van der Waals surface area contributed by atoms with E-state index in [4.69, 9.17) is 23.2 Å². The molecule has 0 saturated carbocycles. The second-order valence-corrected chi connectivity index (χ2v) is 6.05. The molecule has 5 nitrogen and oxygen atoms in total. The Morgan fingerprint density at radius 1 is 1.23 bits per heavy atom. The second kappa shape index (κ2) is 8.98. The van der Waals surface area contributed by atoms with Gasteiger partial charge in [-0.25, -0.2) is 0 Å². The minimum atomic E-state index is -0.271. The molecule has 2 amide bonds. The fraction of sp³-hybridized carbons (Fsp3) is 0.467.